The number of fused-ring (bicyclic) bond motifs is 1. The fourth-order valence-electron chi connectivity index (χ4n) is 3.21. The van der Waals surface area contributed by atoms with Crippen molar-refractivity contribution in [3.05, 3.63) is 17.5 Å². The SMILES string of the molecule is CNC1CC(C)(C)Cc2nc(N3CCOCC3)ncc21. The van der Waals surface area contributed by atoms with Gasteiger partial charge in [-0.15, -0.1) is 0 Å². The molecule has 3 rings (SSSR count). The summed E-state index contributed by atoms with van der Waals surface area (Å²) >= 11 is 0. The predicted octanol–water partition coefficient (Wildman–Crippen LogP) is 1.55. The molecule has 0 bridgehead atoms. The Morgan fingerprint density at radius 2 is 2.10 bits per heavy atom. The Kier molecular flexibility index (Phi) is 3.65. The van der Waals surface area contributed by atoms with Crippen molar-refractivity contribution in [3.63, 3.8) is 0 Å². The lowest BCUT2D eigenvalue weighted by molar-refractivity contribution is 0.122. The van der Waals surface area contributed by atoms with Crippen LogP contribution in [0.5, 0.6) is 0 Å². The van der Waals surface area contributed by atoms with Crippen LogP contribution in [0.4, 0.5) is 5.95 Å². The van der Waals surface area contributed by atoms with E-state index in [0.717, 1.165) is 45.1 Å². The second-order valence-electron chi connectivity index (χ2n) is 6.56. The van der Waals surface area contributed by atoms with Crippen molar-refractivity contribution in [2.45, 2.75) is 32.7 Å². The lowest BCUT2D eigenvalue weighted by atomic mass is 9.74. The van der Waals surface area contributed by atoms with E-state index in [1.54, 1.807) is 0 Å². The summed E-state index contributed by atoms with van der Waals surface area (Å²) < 4.78 is 5.39. The van der Waals surface area contributed by atoms with Crippen LogP contribution in [0.3, 0.4) is 0 Å². The average Bonchev–Trinajstić information content (AvgIpc) is 2.45. The van der Waals surface area contributed by atoms with Crippen molar-refractivity contribution < 1.29 is 4.74 Å². The van der Waals surface area contributed by atoms with Crippen LogP contribution in [0.2, 0.25) is 0 Å². The van der Waals surface area contributed by atoms with Gasteiger partial charge >= 0.3 is 0 Å². The molecule has 0 radical (unpaired) electrons. The van der Waals surface area contributed by atoms with Gasteiger partial charge in [0, 0.05) is 30.9 Å². The van der Waals surface area contributed by atoms with Crippen LogP contribution < -0.4 is 10.2 Å². The number of aromatic nitrogens is 2. The Morgan fingerprint density at radius 3 is 2.80 bits per heavy atom. The number of anilines is 1. The molecular weight excluding hydrogens is 252 g/mol. The second kappa shape index (κ2) is 5.30. The quantitative estimate of drug-likeness (QED) is 0.888. The minimum Gasteiger partial charge on any atom is -0.378 e. The smallest absolute Gasteiger partial charge is 0.225 e. The van der Waals surface area contributed by atoms with E-state index < -0.39 is 0 Å². The van der Waals surface area contributed by atoms with E-state index in [1.807, 2.05) is 13.2 Å². The number of nitrogens with zero attached hydrogens (tertiary/aromatic N) is 3. The summed E-state index contributed by atoms with van der Waals surface area (Å²) in [6.45, 7) is 7.94. The minimum absolute atomic E-state index is 0.289. The first-order chi connectivity index (χ1) is 9.59. The van der Waals surface area contributed by atoms with Gasteiger partial charge in [0.05, 0.1) is 18.9 Å². The van der Waals surface area contributed by atoms with Crippen molar-refractivity contribution in [2.24, 2.45) is 5.41 Å². The third-order valence-corrected chi connectivity index (χ3v) is 4.31. The van der Waals surface area contributed by atoms with Crippen LogP contribution in [-0.4, -0.2) is 43.3 Å². The Morgan fingerprint density at radius 1 is 1.35 bits per heavy atom. The van der Waals surface area contributed by atoms with Gasteiger partial charge in [-0.25, -0.2) is 9.97 Å². The molecule has 5 heteroatoms. The largest absolute Gasteiger partial charge is 0.378 e. The number of hydrogen-bond donors (Lipinski definition) is 1. The molecule has 1 aliphatic heterocycles. The molecule has 1 aliphatic carbocycles. The Balaban J connectivity index is 1.91. The lowest BCUT2D eigenvalue weighted by Crippen LogP contribution is -2.38. The minimum atomic E-state index is 0.289. The maximum Gasteiger partial charge on any atom is 0.225 e. The van der Waals surface area contributed by atoms with E-state index >= 15 is 0 Å². The topological polar surface area (TPSA) is 50.3 Å². The first kappa shape index (κ1) is 13.8. The summed E-state index contributed by atoms with van der Waals surface area (Å²) in [7, 11) is 2.02. The van der Waals surface area contributed by atoms with E-state index in [4.69, 9.17) is 9.72 Å². The van der Waals surface area contributed by atoms with Crippen LogP contribution >= 0.6 is 0 Å². The molecule has 0 spiro atoms. The number of hydrogen-bond acceptors (Lipinski definition) is 5. The number of ether oxygens (including phenoxy) is 1. The van der Waals surface area contributed by atoms with Gasteiger partial charge in [0.2, 0.25) is 5.95 Å². The standard InChI is InChI=1S/C15H24N4O/c1-15(2)8-12(16-3)11-10-17-14(18-13(11)9-15)19-4-6-20-7-5-19/h10,12,16H,4-9H2,1-3H3. The highest BCUT2D eigenvalue weighted by Gasteiger charge is 2.33. The van der Waals surface area contributed by atoms with Crippen LogP contribution in [0, 0.1) is 5.41 Å². The molecule has 1 aromatic rings. The van der Waals surface area contributed by atoms with Crippen molar-refractivity contribution >= 4 is 5.95 Å². The zero-order chi connectivity index (χ0) is 14.2. The van der Waals surface area contributed by atoms with E-state index in [2.05, 4.69) is 29.0 Å². The van der Waals surface area contributed by atoms with Crippen LogP contribution in [0.1, 0.15) is 37.6 Å². The van der Waals surface area contributed by atoms with Crippen molar-refractivity contribution in [3.8, 4) is 0 Å². The van der Waals surface area contributed by atoms with Crippen LogP contribution in [-0.2, 0) is 11.2 Å². The highest BCUT2D eigenvalue weighted by atomic mass is 16.5. The molecule has 1 unspecified atom stereocenters. The molecule has 0 amide bonds. The van der Waals surface area contributed by atoms with Gasteiger partial charge in [0.1, 0.15) is 0 Å². The van der Waals surface area contributed by atoms with Gasteiger partial charge in [-0.1, -0.05) is 13.8 Å². The van der Waals surface area contributed by atoms with Gasteiger partial charge in [0.15, 0.2) is 0 Å². The molecule has 2 heterocycles. The van der Waals surface area contributed by atoms with Crippen molar-refractivity contribution in [1.29, 1.82) is 0 Å². The predicted molar refractivity (Wildman–Crippen MR) is 79.0 cm³/mol. The molecule has 1 fully saturated rings. The number of nitrogens with one attached hydrogen (secondary N) is 1. The zero-order valence-corrected chi connectivity index (χ0v) is 12.6. The normalized spacial score (nSPS) is 25.4. The second-order valence-corrected chi connectivity index (χ2v) is 6.56. The van der Waals surface area contributed by atoms with Gasteiger partial charge in [-0.05, 0) is 25.3 Å². The molecule has 110 valence electrons. The molecule has 0 saturated carbocycles. The van der Waals surface area contributed by atoms with Gasteiger partial charge in [0.25, 0.3) is 0 Å². The molecule has 1 N–H and O–H groups in total. The lowest BCUT2D eigenvalue weighted by Gasteiger charge is -2.36. The third kappa shape index (κ3) is 2.65. The summed E-state index contributed by atoms with van der Waals surface area (Å²) in [5.41, 5.74) is 2.76. The molecular formula is C15H24N4O. The summed E-state index contributed by atoms with van der Waals surface area (Å²) in [6, 6.07) is 0.368. The first-order valence-electron chi connectivity index (χ1n) is 7.45. The maximum absolute atomic E-state index is 5.39. The van der Waals surface area contributed by atoms with Gasteiger partial charge in [-0.3, -0.25) is 0 Å². The average molecular weight is 276 g/mol. The zero-order valence-electron chi connectivity index (χ0n) is 12.6. The number of morpholine rings is 1. The summed E-state index contributed by atoms with van der Waals surface area (Å²) in [5.74, 6) is 0.861. The van der Waals surface area contributed by atoms with Crippen LogP contribution in [0.15, 0.2) is 6.20 Å². The summed E-state index contributed by atoms with van der Waals surface area (Å²) in [4.78, 5) is 11.7. The summed E-state index contributed by atoms with van der Waals surface area (Å²) in [6.07, 6.45) is 4.18. The fraction of sp³-hybridized carbons (Fsp3) is 0.733. The fourth-order valence-corrected chi connectivity index (χ4v) is 3.21. The molecule has 0 aromatic carbocycles. The maximum atomic E-state index is 5.39. The van der Waals surface area contributed by atoms with Gasteiger partial charge in [-0.2, -0.15) is 0 Å². The highest BCUT2D eigenvalue weighted by molar-refractivity contribution is 5.36. The molecule has 1 saturated heterocycles. The van der Waals surface area contributed by atoms with Crippen LogP contribution in [0.25, 0.3) is 0 Å². The Bertz CT molecular complexity index is 483. The monoisotopic (exact) mass is 276 g/mol. The summed E-state index contributed by atoms with van der Waals surface area (Å²) in [5, 5.41) is 3.40. The highest BCUT2D eigenvalue weighted by Crippen LogP contribution is 2.39. The molecule has 2 aliphatic rings. The molecule has 5 nitrogen and oxygen atoms in total. The Labute approximate surface area is 120 Å². The number of rotatable bonds is 2. The van der Waals surface area contributed by atoms with E-state index in [9.17, 15) is 0 Å². The van der Waals surface area contributed by atoms with Crippen molar-refractivity contribution in [1.82, 2.24) is 15.3 Å². The van der Waals surface area contributed by atoms with Crippen molar-refractivity contribution in [2.75, 3.05) is 38.3 Å². The Hall–Kier alpha value is -1.20. The van der Waals surface area contributed by atoms with Gasteiger partial charge < -0.3 is 15.0 Å². The third-order valence-electron chi connectivity index (χ3n) is 4.31. The van der Waals surface area contributed by atoms with E-state index in [-0.39, 0.29) is 5.41 Å². The molecule has 20 heavy (non-hydrogen) atoms. The molecule has 1 atom stereocenters. The van der Waals surface area contributed by atoms with E-state index in [0.29, 0.717) is 6.04 Å². The molecule has 1 aromatic heterocycles. The van der Waals surface area contributed by atoms with E-state index in [1.165, 1.54) is 11.3 Å². The first-order valence-corrected chi connectivity index (χ1v) is 7.45.